The predicted molar refractivity (Wildman–Crippen MR) is 126 cm³/mol. The summed E-state index contributed by atoms with van der Waals surface area (Å²) in [6, 6.07) is 17.0. The molecule has 8 nitrogen and oxygen atoms in total. The molecule has 2 N–H and O–H groups in total. The maximum absolute atomic E-state index is 13.1. The van der Waals surface area contributed by atoms with Crippen LogP contribution in [-0.4, -0.2) is 26.0 Å². The molecule has 2 aromatic carbocycles. The molecule has 0 radical (unpaired) electrons. The summed E-state index contributed by atoms with van der Waals surface area (Å²) in [7, 11) is 0. The quantitative estimate of drug-likeness (QED) is 0.479. The van der Waals surface area contributed by atoms with Gasteiger partial charge in [0.2, 0.25) is 5.91 Å². The van der Waals surface area contributed by atoms with E-state index in [-0.39, 0.29) is 18.4 Å². The molecule has 2 heterocycles. The molecule has 168 valence electrons. The average Bonchev–Trinajstić information content (AvgIpc) is 3.06. The molecule has 2 aromatic heterocycles. The van der Waals surface area contributed by atoms with Crippen LogP contribution in [0.4, 0.5) is 5.69 Å². The maximum atomic E-state index is 13.1. The van der Waals surface area contributed by atoms with Gasteiger partial charge in [-0.05, 0) is 44.0 Å². The Morgan fingerprint density at radius 2 is 1.67 bits per heavy atom. The van der Waals surface area contributed by atoms with Gasteiger partial charge in [-0.3, -0.25) is 18.8 Å². The molecule has 0 fully saturated rings. The highest BCUT2D eigenvalue weighted by Gasteiger charge is 2.22. The lowest BCUT2D eigenvalue weighted by Crippen LogP contribution is -2.30. The normalized spacial score (nSPS) is 10.9. The van der Waals surface area contributed by atoms with Crippen LogP contribution < -0.4 is 16.2 Å². The van der Waals surface area contributed by atoms with Crippen molar-refractivity contribution in [3.8, 4) is 0 Å². The molecule has 0 atom stereocenters. The number of benzene rings is 2. The molecule has 0 aliphatic heterocycles. The molecular formula is C25H25N5O3. The second kappa shape index (κ2) is 9.12. The van der Waals surface area contributed by atoms with Gasteiger partial charge in [-0.2, -0.15) is 5.10 Å². The van der Waals surface area contributed by atoms with Gasteiger partial charge >= 0.3 is 0 Å². The number of fused-ring (bicyclic) bond motifs is 1. The zero-order valence-corrected chi connectivity index (χ0v) is 18.8. The number of aryl methyl sites for hydroxylation is 3. The summed E-state index contributed by atoms with van der Waals surface area (Å²) < 4.78 is 2.71. The van der Waals surface area contributed by atoms with E-state index < -0.39 is 5.56 Å². The van der Waals surface area contributed by atoms with Crippen LogP contribution >= 0.6 is 0 Å². The largest absolute Gasteiger partial charge is 0.348 e. The highest BCUT2D eigenvalue weighted by molar-refractivity contribution is 5.99. The first kappa shape index (κ1) is 22.0. The third-order valence-electron chi connectivity index (χ3n) is 5.59. The van der Waals surface area contributed by atoms with E-state index in [1.54, 1.807) is 30.4 Å². The summed E-state index contributed by atoms with van der Waals surface area (Å²) in [6.45, 7) is 5.61. The molecule has 8 heteroatoms. The summed E-state index contributed by atoms with van der Waals surface area (Å²) in [5, 5.41) is 9.82. The van der Waals surface area contributed by atoms with Crippen molar-refractivity contribution in [3.05, 3.63) is 99.2 Å². The Balaban J connectivity index is 1.57. The van der Waals surface area contributed by atoms with Crippen LogP contribution in [0.25, 0.3) is 5.52 Å². The monoisotopic (exact) mass is 443 g/mol. The lowest BCUT2D eigenvalue weighted by Gasteiger charge is -2.08. The fraction of sp³-hybridized carbons (Fsp3) is 0.200. The minimum absolute atomic E-state index is 0.234. The third-order valence-corrected chi connectivity index (χ3v) is 5.59. The lowest BCUT2D eigenvalue weighted by molar-refractivity contribution is -0.117. The van der Waals surface area contributed by atoms with Gasteiger partial charge in [0.15, 0.2) is 0 Å². The van der Waals surface area contributed by atoms with Crippen molar-refractivity contribution >= 4 is 23.0 Å². The van der Waals surface area contributed by atoms with E-state index in [9.17, 15) is 14.4 Å². The highest BCUT2D eigenvalue weighted by Crippen LogP contribution is 2.20. The topological polar surface area (TPSA) is 97.5 Å². The summed E-state index contributed by atoms with van der Waals surface area (Å²) in [6.07, 6.45) is 1.46. The Morgan fingerprint density at radius 1 is 0.970 bits per heavy atom. The standard InChI is InChI=1S/C25H25N5O3/c1-16-9-11-20(12-10-16)28-21(31)14-30-25(33)23-17(2)22(18(3)29(23)15-27-30)24(32)26-13-19-7-5-4-6-8-19/h4-12,15H,13-14H2,1-3H3,(H,26,32)(H,28,31). The van der Waals surface area contributed by atoms with E-state index >= 15 is 0 Å². The first-order valence-corrected chi connectivity index (χ1v) is 10.6. The molecule has 0 saturated heterocycles. The van der Waals surface area contributed by atoms with Gasteiger partial charge < -0.3 is 10.6 Å². The van der Waals surface area contributed by atoms with E-state index in [1.165, 1.54) is 6.33 Å². The van der Waals surface area contributed by atoms with E-state index in [2.05, 4.69) is 15.7 Å². The van der Waals surface area contributed by atoms with Crippen molar-refractivity contribution in [2.45, 2.75) is 33.9 Å². The number of rotatable bonds is 6. The van der Waals surface area contributed by atoms with Gasteiger partial charge in [0, 0.05) is 17.9 Å². The van der Waals surface area contributed by atoms with Crippen molar-refractivity contribution in [1.82, 2.24) is 19.5 Å². The minimum Gasteiger partial charge on any atom is -0.348 e. The Hall–Kier alpha value is -4.20. The van der Waals surface area contributed by atoms with Gasteiger partial charge in [-0.1, -0.05) is 48.0 Å². The van der Waals surface area contributed by atoms with Crippen molar-refractivity contribution in [2.24, 2.45) is 0 Å². The number of carbonyl (C=O) groups is 2. The number of nitrogens with one attached hydrogen (secondary N) is 2. The fourth-order valence-electron chi connectivity index (χ4n) is 3.84. The van der Waals surface area contributed by atoms with Crippen LogP contribution in [0.3, 0.4) is 0 Å². The molecule has 4 aromatic rings. The van der Waals surface area contributed by atoms with Crippen LogP contribution in [-0.2, 0) is 17.9 Å². The first-order valence-electron chi connectivity index (χ1n) is 10.6. The van der Waals surface area contributed by atoms with E-state index in [0.29, 0.717) is 34.6 Å². The molecule has 0 unspecified atom stereocenters. The number of hydrogen-bond acceptors (Lipinski definition) is 4. The first-order chi connectivity index (χ1) is 15.8. The van der Waals surface area contributed by atoms with Gasteiger partial charge in [0.25, 0.3) is 11.5 Å². The van der Waals surface area contributed by atoms with Crippen molar-refractivity contribution in [2.75, 3.05) is 5.32 Å². The van der Waals surface area contributed by atoms with Gasteiger partial charge in [0.1, 0.15) is 18.4 Å². The van der Waals surface area contributed by atoms with Crippen LogP contribution in [0, 0.1) is 20.8 Å². The second-order valence-electron chi connectivity index (χ2n) is 7.98. The van der Waals surface area contributed by atoms with Crippen molar-refractivity contribution < 1.29 is 9.59 Å². The van der Waals surface area contributed by atoms with Crippen LogP contribution in [0.1, 0.15) is 32.7 Å². The Morgan fingerprint density at radius 3 is 2.36 bits per heavy atom. The Bertz CT molecular complexity index is 1390. The Kier molecular flexibility index (Phi) is 6.08. The third kappa shape index (κ3) is 4.55. The smallest absolute Gasteiger partial charge is 0.291 e. The number of nitrogens with zero attached hydrogens (tertiary/aromatic N) is 3. The van der Waals surface area contributed by atoms with E-state index in [0.717, 1.165) is 15.8 Å². The summed E-state index contributed by atoms with van der Waals surface area (Å²) in [5.74, 6) is -0.625. The fourth-order valence-corrected chi connectivity index (χ4v) is 3.84. The molecular weight excluding hydrogens is 418 g/mol. The molecule has 33 heavy (non-hydrogen) atoms. The molecule has 4 rings (SSSR count). The average molecular weight is 444 g/mol. The SMILES string of the molecule is Cc1ccc(NC(=O)Cn2ncn3c(C)c(C(=O)NCc4ccccc4)c(C)c3c2=O)cc1. The molecule has 0 saturated carbocycles. The Labute approximate surface area is 190 Å². The molecule has 0 bridgehead atoms. The molecule has 0 aliphatic rings. The number of amides is 2. The number of hydrogen-bond donors (Lipinski definition) is 2. The van der Waals surface area contributed by atoms with Gasteiger partial charge in [0.05, 0.1) is 5.56 Å². The number of aromatic nitrogens is 3. The second-order valence-corrected chi connectivity index (χ2v) is 7.98. The van der Waals surface area contributed by atoms with Crippen molar-refractivity contribution in [3.63, 3.8) is 0 Å². The zero-order chi connectivity index (χ0) is 23.5. The minimum atomic E-state index is -0.431. The predicted octanol–water partition coefficient (Wildman–Crippen LogP) is 2.99. The summed E-state index contributed by atoms with van der Waals surface area (Å²) in [5.41, 5.74) is 4.22. The summed E-state index contributed by atoms with van der Waals surface area (Å²) >= 11 is 0. The van der Waals surface area contributed by atoms with Crippen LogP contribution in [0.2, 0.25) is 0 Å². The van der Waals surface area contributed by atoms with Crippen LogP contribution in [0.5, 0.6) is 0 Å². The van der Waals surface area contributed by atoms with Crippen molar-refractivity contribution in [1.29, 1.82) is 0 Å². The highest BCUT2D eigenvalue weighted by atomic mass is 16.2. The molecule has 2 amide bonds. The number of anilines is 1. The summed E-state index contributed by atoms with van der Waals surface area (Å²) in [4.78, 5) is 38.5. The number of carbonyl (C=O) groups excluding carboxylic acids is 2. The van der Waals surface area contributed by atoms with Gasteiger partial charge in [-0.15, -0.1) is 0 Å². The van der Waals surface area contributed by atoms with E-state index in [4.69, 9.17) is 0 Å². The molecule has 0 spiro atoms. The maximum Gasteiger partial charge on any atom is 0.291 e. The lowest BCUT2D eigenvalue weighted by atomic mass is 10.1. The van der Waals surface area contributed by atoms with E-state index in [1.807, 2.05) is 49.4 Å². The zero-order valence-electron chi connectivity index (χ0n) is 18.8. The van der Waals surface area contributed by atoms with Gasteiger partial charge in [-0.25, -0.2) is 4.68 Å². The molecule has 0 aliphatic carbocycles. The van der Waals surface area contributed by atoms with Crippen LogP contribution in [0.15, 0.2) is 65.7 Å².